The van der Waals surface area contributed by atoms with Gasteiger partial charge in [0.1, 0.15) is 5.75 Å². The van der Waals surface area contributed by atoms with Gasteiger partial charge in [-0.05, 0) is 18.6 Å². The summed E-state index contributed by atoms with van der Waals surface area (Å²) >= 11 is 0. The molecule has 4 heteroatoms. The third-order valence-electron chi connectivity index (χ3n) is 2.41. The quantitative estimate of drug-likeness (QED) is 0.727. The molecule has 1 rings (SSSR count). The van der Waals surface area contributed by atoms with E-state index in [1.165, 1.54) is 4.90 Å². The number of hydrogen-bond donors (Lipinski definition) is 1. The number of benzene rings is 1. The first-order chi connectivity index (χ1) is 8.24. The molecule has 4 nitrogen and oxygen atoms in total. The van der Waals surface area contributed by atoms with Crippen molar-refractivity contribution in [2.45, 2.75) is 12.8 Å². The van der Waals surface area contributed by atoms with Crippen LogP contribution in [-0.2, 0) is 4.79 Å². The van der Waals surface area contributed by atoms with Gasteiger partial charge in [0, 0.05) is 20.0 Å². The topological polar surface area (TPSA) is 49.8 Å². The first-order valence-electron chi connectivity index (χ1n) is 5.76. The van der Waals surface area contributed by atoms with Crippen molar-refractivity contribution in [3.63, 3.8) is 0 Å². The van der Waals surface area contributed by atoms with E-state index in [0.717, 1.165) is 5.75 Å². The van der Waals surface area contributed by atoms with Crippen molar-refractivity contribution in [1.29, 1.82) is 0 Å². The third kappa shape index (κ3) is 5.36. The van der Waals surface area contributed by atoms with Crippen LogP contribution in [0.25, 0.3) is 0 Å². The number of likely N-dealkylation sites (N-methyl/N-ethyl adjacent to an activating group) is 1. The van der Waals surface area contributed by atoms with E-state index < -0.39 is 0 Å². The van der Waals surface area contributed by atoms with E-state index in [2.05, 4.69) is 0 Å². The van der Waals surface area contributed by atoms with Gasteiger partial charge in [-0.2, -0.15) is 0 Å². The highest BCUT2D eigenvalue weighted by atomic mass is 16.5. The molecule has 0 aliphatic carbocycles. The molecular formula is C13H19NO3. The fraction of sp³-hybridized carbons (Fsp3) is 0.462. The zero-order valence-corrected chi connectivity index (χ0v) is 10.1. The first-order valence-corrected chi connectivity index (χ1v) is 5.76. The van der Waals surface area contributed by atoms with E-state index in [9.17, 15) is 4.79 Å². The summed E-state index contributed by atoms with van der Waals surface area (Å²) in [6.07, 6.45) is 1.13. The van der Waals surface area contributed by atoms with Crippen molar-refractivity contribution in [2.24, 2.45) is 0 Å². The van der Waals surface area contributed by atoms with Crippen LogP contribution in [0.4, 0.5) is 0 Å². The molecule has 1 aromatic rings. The predicted molar refractivity (Wildman–Crippen MR) is 65.9 cm³/mol. The minimum Gasteiger partial charge on any atom is -0.494 e. The number of hydrogen-bond acceptors (Lipinski definition) is 3. The second-order valence-electron chi connectivity index (χ2n) is 3.80. The van der Waals surface area contributed by atoms with E-state index in [-0.39, 0.29) is 12.5 Å². The van der Waals surface area contributed by atoms with Crippen LogP contribution in [0.15, 0.2) is 30.3 Å². The fourth-order valence-electron chi connectivity index (χ4n) is 1.40. The van der Waals surface area contributed by atoms with Crippen LogP contribution in [0.3, 0.4) is 0 Å². The van der Waals surface area contributed by atoms with Crippen LogP contribution >= 0.6 is 0 Å². The highest BCUT2D eigenvalue weighted by molar-refractivity contribution is 5.75. The standard InChI is InChI=1S/C13H19NO3/c1-14(9-10-15)13(16)8-5-11-17-12-6-3-2-4-7-12/h2-4,6-7,15H,5,8-11H2,1H3. The molecule has 1 aromatic carbocycles. The zero-order chi connectivity index (χ0) is 12.5. The first kappa shape index (κ1) is 13.5. The Morgan fingerprint density at radius 3 is 2.71 bits per heavy atom. The second kappa shape index (κ2) is 7.68. The Balaban J connectivity index is 2.14. The Morgan fingerprint density at radius 2 is 2.06 bits per heavy atom. The Morgan fingerprint density at radius 1 is 1.35 bits per heavy atom. The lowest BCUT2D eigenvalue weighted by Gasteiger charge is -2.15. The van der Waals surface area contributed by atoms with Crippen molar-refractivity contribution in [1.82, 2.24) is 4.90 Å². The molecule has 0 aliphatic rings. The molecule has 0 saturated heterocycles. The molecular weight excluding hydrogens is 218 g/mol. The molecule has 0 atom stereocenters. The van der Waals surface area contributed by atoms with E-state index in [4.69, 9.17) is 9.84 Å². The highest BCUT2D eigenvalue weighted by Gasteiger charge is 2.07. The molecule has 1 N–H and O–H groups in total. The largest absolute Gasteiger partial charge is 0.494 e. The van der Waals surface area contributed by atoms with Gasteiger partial charge in [-0.15, -0.1) is 0 Å². The third-order valence-corrected chi connectivity index (χ3v) is 2.41. The predicted octanol–water partition coefficient (Wildman–Crippen LogP) is 1.30. The Bertz CT molecular complexity index is 327. The normalized spacial score (nSPS) is 10.0. The Kier molecular flexibility index (Phi) is 6.10. The summed E-state index contributed by atoms with van der Waals surface area (Å²) in [6, 6.07) is 9.53. The molecule has 0 aliphatic heterocycles. The maximum atomic E-state index is 11.5. The van der Waals surface area contributed by atoms with E-state index >= 15 is 0 Å². The van der Waals surface area contributed by atoms with Crippen LogP contribution in [0.1, 0.15) is 12.8 Å². The molecule has 0 fully saturated rings. The van der Waals surface area contributed by atoms with E-state index in [1.807, 2.05) is 30.3 Å². The molecule has 0 bridgehead atoms. The van der Waals surface area contributed by atoms with Crippen LogP contribution in [0, 0.1) is 0 Å². The van der Waals surface area contributed by atoms with Gasteiger partial charge in [0.2, 0.25) is 5.91 Å². The number of carbonyl (C=O) groups excluding carboxylic acids is 1. The number of amides is 1. The van der Waals surface area contributed by atoms with Gasteiger partial charge < -0.3 is 14.7 Å². The van der Waals surface area contributed by atoms with Crippen LogP contribution < -0.4 is 4.74 Å². The van der Waals surface area contributed by atoms with Gasteiger partial charge in [0.05, 0.1) is 13.2 Å². The number of carbonyl (C=O) groups is 1. The van der Waals surface area contributed by atoms with Crippen LogP contribution in [-0.4, -0.2) is 42.7 Å². The minimum atomic E-state index is 0.00273. The van der Waals surface area contributed by atoms with Crippen molar-refractivity contribution >= 4 is 5.91 Å². The van der Waals surface area contributed by atoms with Crippen molar-refractivity contribution in [3.8, 4) is 5.75 Å². The summed E-state index contributed by atoms with van der Waals surface area (Å²) in [6.45, 7) is 0.920. The lowest BCUT2D eigenvalue weighted by molar-refractivity contribution is -0.130. The van der Waals surface area contributed by atoms with E-state index in [0.29, 0.717) is 26.0 Å². The monoisotopic (exact) mass is 237 g/mol. The molecule has 17 heavy (non-hydrogen) atoms. The molecule has 0 aromatic heterocycles. The maximum Gasteiger partial charge on any atom is 0.222 e. The molecule has 0 heterocycles. The number of para-hydroxylation sites is 1. The van der Waals surface area contributed by atoms with Crippen molar-refractivity contribution < 1.29 is 14.6 Å². The average molecular weight is 237 g/mol. The highest BCUT2D eigenvalue weighted by Crippen LogP contribution is 2.09. The fourth-order valence-corrected chi connectivity index (χ4v) is 1.40. The van der Waals surface area contributed by atoms with Gasteiger partial charge >= 0.3 is 0 Å². The van der Waals surface area contributed by atoms with Gasteiger partial charge in [0.15, 0.2) is 0 Å². The number of nitrogens with zero attached hydrogens (tertiary/aromatic N) is 1. The smallest absolute Gasteiger partial charge is 0.222 e. The molecule has 0 spiro atoms. The van der Waals surface area contributed by atoms with Crippen LogP contribution in [0.5, 0.6) is 5.75 Å². The number of ether oxygens (including phenoxy) is 1. The SMILES string of the molecule is CN(CCO)C(=O)CCCOc1ccccc1. The van der Waals surface area contributed by atoms with Crippen LogP contribution in [0.2, 0.25) is 0 Å². The maximum absolute atomic E-state index is 11.5. The summed E-state index contributed by atoms with van der Waals surface area (Å²) in [7, 11) is 1.69. The summed E-state index contributed by atoms with van der Waals surface area (Å²) in [4.78, 5) is 13.0. The average Bonchev–Trinajstić information content (AvgIpc) is 2.36. The molecule has 1 amide bonds. The van der Waals surface area contributed by atoms with Gasteiger partial charge in [-0.3, -0.25) is 4.79 Å². The molecule has 0 saturated carbocycles. The summed E-state index contributed by atoms with van der Waals surface area (Å²) in [5, 5.41) is 8.69. The van der Waals surface area contributed by atoms with Gasteiger partial charge in [-0.25, -0.2) is 0 Å². The minimum absolute atomic E-state index is 0.00273. The summed E-state index contributed by atoms with van der Waals surface area (Å²) in [5.41, 5.74) is 0. The molecule has 94 valence electrons. The Labute approximate surface area is 102 Å². The summed E-state index contributed by atoms with van der Waals surface area (Å²) in [5.74, 6) is 0.861. The summed E-state index contributed by atoms with van der Waals surface area (Å²) < 4.78 is 5.48. The second-order valence-corrected chi connectivity index (χ2v) is 3.80. The lowest BCUT2D eigenvalue weighted by Crippen LogP contribution is -2.29. The number of rotatable bonds is 7. The Hall–Kier alpha value is -1.55. The molecule has 0 unspecified atom stereocenters. The van der Waals surface area contributed by atoms with E-state index in [1.54, 1.807) is 7.05 Å². The zero-order valence-electron chi connectivity index (χ0n) is 10.1. The van der Waals surface area contributed by atoms with Gasteiger partial charge in [0.25, 0.3) is 0 Å². The number of aliphatic hydroxyl groups excluding tert-OH is 1. The van der Waals surface area contributed by atoms with Crippen molar-refractivity contribution in [3.05, 3.63) is 30.3 Å². The van der Waals surface area contributed by atoms with Gasteiger partial charge in [-0.1, -0.05) is 18.2 Å². The lowest BCUT2D eigenvalue weighted by atomic mass is 10.3. The number of aliphatic hydroxyl groups is 1. The molecule has 0 radical (unpaired) electrons. The van der Waals surface area contributed by atoms with Crippen molar-refractivity contribution in [2.75, 3.05) is 26.8 Å².